The molecule has 0 atom stereocenters. The van der Waals surface area contributed by atoms with E-state index in [0.717, 1.165) is 22.9 Å². The van der Waals surface area contributed by atoms with E-state index >= 15 is 0 Å². The van der Waals surface area contributed by atoms with E-state index in [9.17, 15) is 18.0 Å². The minimum Gasteiger partial charge on any atom is -0.466 e. The molecule has 5 rings (SSSR count). The second kappa shape index (κ2) is 9.48. The number of fused-ring (bicyclic) bond motifs is 1. The van der Waals surface area contributed by atoms with Crippen LogP contribution < -0.4 is 10.6 Å². The zero-order valence-electron chi connectivity index (χ0n) is 19.4. The van der Waals surface area contributed by atoms with Crippen LogP contribution in [0.5, 0.6) is 0 Å². The number of piperidine rings is 1. The van der Waals surface area contributed by atoms with E-state index in [1.807, 2.05) is 4.90 Å². The monoisotopic (exact) mass is 496 g/mol. The van der Waals surface area contributed by atoms with Crippen molar-refractivity contribution in [3.8, 4) is 16.9 Å². The van der Waals surface area contributed by atoms with Crippen molar-refractivity contribution in [1.82, 2.24) is 19.7 Å². The highest BCUT2D eigenvalue weighted by atomic mass is 19.1. The predicted octanol–water partition coefficient (Wildman–Crippen LogP) is 4.26. The topological polar surface area (TPSA) is 99.2 Å². The number of nitrogens with zero attached hydrogens (tertiary/aromatic N) is 5. The molecule has 0 unspecified atom stereocenters. The third-order valence-electron chi connectivity index (χ3n) is 6.19. The first kappa shape index (κ1) is 23.6. The maximum absolute atomic E-state index is 14.6. The van der Waals surface area contributed by atoms with E-state index in [2.05, 4.69) is 15.1 Å². The molecule has 2 aromatic carbocycles. The Bertz CT molecular complexity index is 1450. The average molecular weight is 496 g/mol. The number of nitrogen functional groups attached to an aromatic ring is 1. The molecule has 0 bridgehead atoms. The normalized spacial score (nSPS) is 14.4. The molecule has 2 N–H and O–H groups in total. The second-order valence-corrected chi connectivity index (χ2v) is 8.49. The molecule has 11 heteroatoms. The van der Waals surface area contributed by atoms with Gasteiger partial charge in [-0.05, 0) is 44.0 Å². The number of carbonyl (C=O) groups excluding carboxylic acids is 1. The van der Waals surface area contributed by atoms with Gasteiger partial charge in [0.25, 0.3) is 0 Å². The Labute approximate surface area is 204 Å². The molecular formula is C25H23F3N6O2. The molecule has 0 aliphatic carbocycles. The molecule has 186 valence electrons. The fourth-order valence-corrected chi connectivity index (χ4v) is 4.39. The van der Waals surface area contributed by atoms with Crippen molar-refractivity contribution < 1.29 is 22.7 Å². The number of anilines is 2. The van der Waals surface area contributed by atoms with E-state index in [0.29, 0.717) is 49.7 Å². The summed E-state index contributed by atoms with van der Waals surface area (Å²) in [5, 5.41) is 4.64. The van der Waals surface area contributed by atoms with Crippen LogP contribution in [0.1, 0.15) is 19.8 Å². The number of nitrogens with two attached hydrogens (primary N) is 1. The largest absolute Gasteiger partial charge is 0.466 e. The number of halogens is 3. The van der Waals surface area contributed by atoms with E-state index in [1.54, 1.807) is 13.0 Å². The number of rotatable bonds is 5. The highest BCUT2D eigenvalue weighted by Crippen LogP contribution is 2.35. The molecule has 0 spiro atoms. The zero-order valence-corrected chi connectivity index (χ0v) is 19.4. The van der Waals surface area contributed by atoms with Gasteiger partial charge in [-0.15, -0.1) is 5.10 Å². The van der Waals surface area contributed by atoms with E-state index < -0.39 is 17.5 Å². The SMILES string of the molecule is CCOC(=O)C1CCN(c2nc(-c3cccc(F)c3)c3c(N)n(-c4cc(F)ccc4F)nc3n2)CC1. The van der Waals surface area contributed by atoms with Crippen LogP contribution in [0.15, 0.2) is 42.5 Å². The minimum absolute atomic E-state index is 0.0127. The summed E-state index contributed by atoms with van der Waals surface area (Å²) in [4.78, 5) is 23.3. The van der Waals surface area contributed by atoms with E-state index in [-0.39, 0.29) is 34.4 Å². The Kier molecular flexibility index (Phi) is 6.21. The van der Waals surface area contributed by atoms with Gasteiger partial charge in [0.2, 0.25) is 5.95 Å². The Morgan fingerprint density at radius 3 is 2.56 bits per heavy atom. The van der Waals surface area contributed by atoms with Crippen LogP contribution in [0.2, 0.25) is 0 Å². The summed E-state index contributed by atoms with van der Waals surface area (Å²) in [6.07, 6.45) is 1.11. The van der Waals surface area contributed by atoms with Crippen molar-refractivity contribution in [2.24, 2.45) is 5.92 Å². The van der Waals surface area contributed by atoms with Crippen LogP contribution in [0, 0.1) is 23.4 Å². The molecule has 1 aliphatic heterocycles. The molecule has 4 aromatic rings. The first-order chi connectivity index (χ1) is 17.4. The first-order valence-electron chi connectivity index (χ1n) is 11.5. The average Bonchev–Trinajstić information content (AvgIpc) is 3.21. The number of carbonyl (C=O) groups is 1. The van der Waals surface area contributed by atoms with Crippen LogP contribution in [0.25, 0.3) is 28.0 Å². The van der Waals surface area contributed by atoms with Crippen molar-refractivity contribution in [3.05, 3.63) is 59.9 Å². The molecule has 0 radical (unpaired) electrons. The highest BCUT2D eigenvalue weighted by molar-refractivity contribution is 5.99. The smallest absolute Gasteiger partial charge is 0.309 e. The van der Waals surface area contributed by atoms with Crippen LogP contribution in [-0.2, 0) is 9.53 Å². The Morgan fingerprint density at radius 1 is 1.08 bits per heavy atom. The molecular weight excluding hydrogens is 473 g/mol. The Balaban J connectivity index is 1.62. The summed E-state index contributed by atoms with van der Waals surface area (Å²) >= 11 is 0. The lowest BCUT2D eigenvalue weighted by atomic mass is 9.97. The maximum atomic E-state index is 14.6. The van der Waals surface area contributed by atoms with Gasteiger partial charge < -0.3 is 15.4 Å². The fourth-order valence-electron chi connectivity index (χ4n) is 4.39. The van der Waals surface area contributed by atoms with E-state index in [1.165, 1.54) is 18.2 Å². The minimum atomic E-state index is -0.725. The van der Waals surface area contributed by atoms with Crippen molar-refractivity contribution in [3.63, 3.8) is 0 Å². The summed E-state index contributed by atoms with van der Waals surface area (Å²) in [5.74, 6) is -1.99. The number of esters is 1. The Hall–Kier alpha value is -4.15. The lowest BCUT2D eigenvalue weighted by Crippen LogP contribution is -2.38. The third-order valence-corrected chi connectivity index (χ3v) is 6.19. The number of ether oxygens (including phenoxy) is 1. The predicted molar refractivity (Wildman–Crippen MR) is 128 cm³/mol. The molecule has 1 fully saturated rings. The lowest BCUT2D eigenvalue weighted by Gasteiger charge is -2.31. The number of benzene rings is 2. The highest BCUT2D eigenvalue weighted by Gasteiger charge is 2.29. The van der Waals surface area contributed by atoms with Crippen molar-refractivity contribution in [1.29, 1.82) is 0 Å². The number of hydrogen-bond donors (Lipinski definition) is 1. The molecule has 0 saturated carbocycles. The summed E-state index contributed by atoms with van der Waals surface area (Å²) < 4.78 is 48.8. The van der Waals surface area contributed by atoms with Crippen molar-refractivity contribution in [2.75, 3.05) is 30.3 Å². The molecule has 1 saturated heterocycles. The molecule has 1 aliphatic rings. The van der Waals surface area contributed by atoms with Crippen LogP contribution >= 0.6 is 0 Å². The molecule has 3 heterocycles. The van der Waals surface area contributed by atoms with E-state index in [4.69, 9.17) is 10.5 Å². The summed E-state index contributed by atoms with van der Waals surface area (Å²) in [7, 11) is 0. The summed E-state index contributed by atoms with van der Waals surface area (Å²) in [6.45, 7) is 3.08. The molecule has 36 heavy (non-hydrogen) atoms. The van der Waals surface area contributed by atoms with Gasteiger partial charge in [-0.2, -0.15) is 4.98 Å². The van der Waals surface area contributed by atoms with Crippen LogP contribution in [0.4, 0.5) is 24.9 Å². The van der Waals surface area contributed by atoms with Gasteiger partial charge in [0, 0.05) is 24.7 Å². The van der Waals surface area contributed by atoms with Gasteiger partial charge in [0.15, 0.2) is 5.65 Å². The van der Waals surface area contributed by atoms with Gasteiger partial charge in [0.05, 0.1) is 23.6 Å². The zero-order chi connectivity index (χ0) is 25.4. The summed E-state index contributed by atoms with van der Waals surface area (Å²) in [5.41, 5.74) is 7.04. The standard InChI is InChI=1S/C25H23F3N6O2/c1-2-36-24(35)14-8-10-33(11-9-14)25-30-21(15-4-3-5-16(26)12-15)20-22(29)34(32-23(20)31-25)19-13-17(27)6-7-18(19)28/h3-7,12-14H,2,8-11,29H2,1H3. The molecule has 2 aromatic heterocycles. The molecule has 8 nitrogen and oxygen atoms in total. The first-order valence-corrected chi connectivity index (χ1v) is 11.5. The van der Waals surface area contributed by atoms with Crippen LogP contribution in [-0.4, -0.2) is 45.4 Å². The fraction of sp³-hybridized carbons (Fsp3) is 0.280. The lowest BCUT2D eigenvalue weighted by molar-refractivity contribution is -0.148. The van der Waals surface area contributed by atoms with Gasteiger partial charge >= 0.3 is 5.97 Å². The van der Waals surface area contributed by atoms with Crippen LogP contribution in [0.3, 0.4) is 0 Å². The number of aromatic nitrogens is 4. The number of hydrogen-bond acceptors (Lipinski definition) is 7. The Morgan fingerprint density at radius 2 is 1.83 bits per heavy atom. The maximum Gasteiger partial charge on any atom is 0.309 e. The second-order valence-electron chi connectivity index (χ2n) is 8.49. The summed E-state index contributed by atoms with van der Waals surface area (Å²) in [6, 6.07) is 8.77. The van der Waals surface area contributed by atoms with Gasteiger partial charge in [-0.25, -0.2) is 22.8 Å². The molecule has 0 amide bonds. The van der Waals surface area contributed by atoms with Gasteiger partial charge in [-0.1, -0.05) is 12.1 Å². The quantitative estimate of drug-likeness (QED) is 0.412. The van der Waals surface area contributed by atoms with Crippen molar-refractivity contribution >= 4 is 28.8 Å². The van der Waals surface area contributed by atoms with Gasteiger partial charge in [0.1, 0.15) is 29.0 Å². The van der Waals surface area contributed by atoms with Gasteiger partial charge in [-0.3, -0.25) is 4.79 Å². The van der Waals surface area contributed by atoms with Crippen molar-refractivity contribution in [2.45, 2.75) is 19.8 Å². The third kappa shape index (κ3) is 4.32.